The maximum absolute atomic E-state index is 4.08. The normalized spacial score (nSPS) is 9.62. The van der Waals surface area contributed by atoms with Crippen molar-refractivity contribution in [1.82, 2.24) is 0 Å². The smallest absolute Gasteiger partial charge is 0.665 e. The van der Waals surface area contributed by atoms with E-state index in [4.69, 9.17) is 0 Å². The second kappa shape index (κ2) is 20.7. The van der Waals surface area contributed by atoms with E-state index in [2.05, 4.69) is 58.1 Å². The van der Waals surface area contributed by atoms with Crippen LogP contribution in [0.1, 0.15) is 80.5 Å². The van der Waals surface area contributed by atoms with E-state index in [0.717, 1.165) is 6.54 Å². The largest absolute Gasteiger partial charge is 2.00 e. The maximum atomic E-state index is 4.08. The van der Waals surface area contributed by atoms with Crippen molar-refractivity contribution >= 4 is 15.4 Å². The summed E-state index contributed by atoms with van der Waals surface area (Å²) in [5, 5.41) is 5.43. The Bertz CT molecular complexity index is 560. The second-order valence-electron chi connectivity index (χ2n) is 7.76. The third kappa shape index (κ3) is 16.9. The van der Waals surface area contributed by atoms with Crippen LogP contribution in [0.3, 0.4) is 0 Å². The van der Waals surface area contributed by atoms with Crippen LogP contribution >= 0.6 is 0 Å². The van der Waals surface area contributed by atoms with Crippen LogP contribution < -0.4 is 5.19 Å². The number of aryl methyl sites for hydroxylation is 2. The monoisotopic (exact) mass is 446 g/mol. The zero-order valence-electron chi connectivity index (χ0n) is 20.0. The first kappa shape index (κ1) is 30.7. The Morgan fingerprint density at radius 2 is 1.38 bits per heavy atom. The van der Waals surface area contributed by atoms with Gasteiger partial charge in [0.1, 0.15) is 0 Å². The summed E-state index contributed by atoms with van der Waals surface area (Å²) in [4.78, 5) is 0. The molecule has 0 atom stereocenters. The van der Waals surface area contributed by atoms with Gasteiger partial charge in [-0.25, -0.2) is 0 Å². The van der Waals surface area contributed by atoms with Crippen molar-refractivity contribution in [3.63, 3.8) is 0 Å². The third-order valence-corrected chi connectivity index (χ3v) is 5.73. The molecule has 0 fully saturated rings. The van der Waals surface area contributed by atoms with Crippen LogP contribution in [0.2, 0.25) is 0 Å². The molecule has 0 saturated heterocycles. The van der Waals surface area contributed by atoms with Gasteiger partial charge in [0.05, 0.1) is 0 Å². The molecule has 0 heterocycles. The first-order chi connectivity index (χ1) is 13.4. The van der Waals surface area contributed by atoms with Gasteiger partial charge in [-0.05, 0) is 0 Å². The van der Waals surface area contributed by atoms with Crippen molar-refractivity contribution in [2.24, 2.45) is 0 Å². The van der Waals surface area contributed by atoms with Gasteiger partial charge in [0.2, 0.25) is 0 Å². The zero-order chi connectivity index (χ0) is 21.2. The fourth-order valence-corrected chi connectivity index (χ4v) is 3.29. The Hall–Kier alpha value is -0.539. The zero-order valence-corrected chi connectivity index (χ0v) is 23.0. The molecule has 0 aromatic heterocycles. The fraction of sp³-hybridized carbons (Fsp3) is 0.577. The van der Waals surface area contributed by atoms with Crippen molar-refractivity contribution in [3.05, 3.63) is 64.0 Å². The number of rotatable bonds is 9. The summed E-state index contributed by atoms with van der Waals surface area (Å²) in [6.45, 7) is 12.0. The number of benzene rings is 1. The van der Waals surface area contributed by atoms with Gasteiger partial charge in [-0.3, -0.25) is 0 Å². The van der Waals surface area contributed by atoms with Crippen LogP contribution in [0.25, 0.3) is 5.32 Å². The van der Waals surface area contributed by atoms with Crippen molar-refractivity contribution in [3.8, 4) is 0 Å². The minimum atomic E-state index is 0. The molecule has 0 aliphatic rings. The molecule has 0 aliphatic carbocycles. The van der Waals surface area contributed by atoms with Crippen LogP contribution in [0.5, 0.6) is 0 Å². The molecule has 2 rings (SSSR count). The molecular weight excluding hydrogens is 402 g/mol. The van der Waals surface area contributed by atoms with Crippen molar-refractivity contribution < 1.29 is 21.7 Å². The van der Waals surface area contributed by atoms with Gasteiger partial charge < -0.3 is 5.32 Å². The molecule has 1 nitrogen and oxygen atoms in total. The van der Waals surface area contributed by atoms with Gasteiger partial charge in [-0.15, -0.1) is 6.54 Å². The Morgan fingerprint density at radius 1 is 0.862 bits per heavy atom. The molecule has 0 spiro atoms. The first-order valence-electron chi connectivity index (χ1n) is 11.1. The van der Waals surface area contributed by atoms with Crippen LogP contribution in [-0.4, -0.2) is 23.8 Å². The molecule has 0 bridgehead atoms. The molecule has 0 unspecified atom stereocenters. The average Bonchev–Trinajstić information content (AvgIpc) is 2.91. The third-order valence-electron chi connectivity index (χ3n) is 5.26. The van der Waals surface area contributed by atoms with Gasteiger partial charge in [0, 0.05) is 10.2 Å². The maximum Gasteiger partial charge on any atom is 2.00 e. The van der Waals surface area contributed by atoms with E-state index in [9.17, 15) is 0 Å². The van der Waals surface area contributed by atoms with E-state index in [1.807, 2.05) is 35.5 Å². The van der Waals surface area contributed by atoms with E-state index in [0.29, 0.717) is 0 Å². The summed E-state index contributed by atoms with van der Waals surface area (Å²) >= 11 is 0. The topological polar surface area (TPSA) is 14.1 Å². The molecule has 0 N–H and O–H groups in total. The van der Waals surface area contributed by atoms with Crippen molar-refractivity contribution in [2.75, 3.05) is 13.6 Å². The van der Waals surface area contributed by atoms with Gasteiger partial charge >= 0.3 is 21.7 Å². The molecular formula is C26H44NSiTi. The van der Waals surface area contributed by atoms with Crippen molar-refractivity contribution in [2.45, 2.75) is 86.0 Å². The SMILES string of the molecule is CCCCCCCCCC[N-]C.Cc1c[c-](C)c(C)c1C.[SiH2]c1ccccc1.[Ti+2]. The van der Waals surface area contributed by atoms with Crippen LogP contribution in [0, 0.1) is 27.7 Å². The molecule has 161 valence electrons. The Morgan fingerprint density at radius 3 is 1.69 bits per heavy atom. The summed E-state index contributed by atoms with van der Waals surface area (Å²) in [7, 11) is 3.81. The fourth-order valence-electron chi connectivity index (χ4n) is 3.01. The molecule has 0 saturated carbocycles. The Labute approximate surface area is 200 Å². The van der Waals surface area contributed by atoms with Gasteiger partial charge in [-0.1, -0.05) is 122 Å². The number of hydrogen-bond donors (Lipinski definition) is 0. The molecule has 1 radical (unpaired) electrons. The molecule has 0 amide bonds. The number of nitrogens with zero attached hydrogens (tertiary/aromatic N) is 1. The molecule has 3 heteroatoms. The first-order valence-corrected chi connectivity index (χ1v) is 11.8. The average molecular weight is 447 g/mol. The minimum absolute atomic E-state index is 0. The predicted octanol–water partition coefficient (Wildman–Crippen LogP) is 6.71. The van der Waals surface area contributed by atoms with Crippen LogP contribution in [0.15, 0.2) is 36.4 Å². The van der Waals surface area contributed by atoms with E-state index in [-0.39, 0.29) is 21.7 Å². The summed E-state index contributed by atoms with van der Waals surface area (Å²) in [6.07, 6.45) is 11.2. The Balaban J connectivity index is 0. The van der Waals surface area contributed by atoms with Crippen LogP contribution in [0.4, 0.5) is 0 Å². The standard InChI is InChI=1S/C11H24N.C9H13.C6H7Si.Ti/c1-3-4-5-6-7-8-9-10-11-12-2;1-6-5-7(2)9(4)8(6)3;7-6-4-2-1-3-5-6;/h3-11H2,1-2H3;5H,1-4H3;1-5H,7H2;/q2*-1;;+2. The minimum Gasteiger partial charge on any atom is -0.665 e. The summed E-state index contributed by atoms with van der Waals surface area (Å²) in [5.74, 6) is 0. The molecule has 2 aromatic carbocycles. The van der Waals surface area contributed by atoms with E-state index >= 15 is 0 Å². The van der Waals surface area contributed by atoms with Gasteiger partial charge in [-0.2, -0.15) is 35.4 Å². The molecule has 2 aromatic rings. The molecule has 29 heavy (non-hydrogen) atoms. The Kier molecular flexibility index (Phi) is 21.9. The second-order valence-corrected chi connectivity index (χ2v) is 8.58. The summed E-state index contributed by atoms with van der Waals surface area (Å²) in [5.41, 5.74) is 5.75. The molecule has 0 aliphatic heterocycles. The van der Waals surface area contributed by atoms with Crippen LogP contribution in [-0.2, 0) is 21.7 Å². The van der Waals surface area contributed by atoms with Gasteiger partial charge in [0.25, 0.3) is 0 Å². The van der Waals surface area contributed by atoms with Gasteiger partial charge in [0.15, 0.2) is 0 Å². The van der Waals surface area contributed by atoms with E-state index in [1.165, 1.54) is 78.8 Å². The summed E-state index contributed by atoms with van der Waals surface area (Å²) in [6, 6.07) is 12.5. The number of unbranched alkanes of at least 4 members (excludes halogenated alkanes) is 7. The number of hydrogen-bond acceptors (Lipinski definition) is 0. The summed E-state index contributed by atoms with van der Waals surface area (Å²) < 4.78 is 0. The van der Waals surface area contributed by atoms with E-state index in [1.54, 1.807) is 0 Å². The predicted molar refractivity (Wildman–Crippen MR) is 132 cm³/mol. The van der Waals surface area contributed by atoms with Crippen molar-refractivity contribution in [1.29, 1.82) is 0 Å². The quantitative estimate of drug-likeness (QED) is 0.231. The van der Waals surface area contributed by atoms with E-state index < -0.39 is 0 Å².